The molecule has 128 valence electrons. The van der Waals surface area contributed by atoms with E-state index in [-0.39, 0.29) is 11.7 Å². The highest BCUT2D eigenvalue weighted by molar-refractivity contribution is 7.99. The molecule has 5 nitrogen and oxygen atoms in total. The lowest BCUT2D eigenvalue weighted by atomic mass is 10.1. The predicted octanol–water partition coefficient (Wildman–Crippen LogP) is 4.28. The second-order valence-electron chi connectivity index (χ2n) is 5.66. The van der Waals surface area contributed by atoms with Crippen LogP contribution in [0.1, 0.15) is 30.1 Å². The third-order valence-electron chi connectivity index (χ3n) is 3.74. The van der Waals surface area contributed by atoms with Crippen molar-refractivity contribution in [2.24, 2.45) is 0 Å². The molecule has 25 heavy (non-hydrogen) atoms. The van der Waals surface area contributed by atoms with Crippen LogP contribution in [0.2, 0.25) is 0 Å². The Morgan fingerprint density at radius 3 is 2.68 bits per heavy atom. The summed E-state index contributed by atoms with van der Waals surface area (Å²) in [6, 6.07) is 14.9. The Balaban J connectivity index is 1.47. The number of aromatic amines is 1. The maximum Gasteiger partial charge on any atom is 0.224 e. The van der Waals surface area contributed by atoms with E-state index in [2.05, 4.69) is 15.3 Å². The van der Waals surface area contributed by atoms with Gasteiger partial charge in [-0.25, -0.2) is 4.98 Å². The Hall–Kier alpha value is -2.60. The molecule has 2 aromatic carbocycles. The first kappa shape index (κ1) is 17.2. The van der Waals surface area contributed by atoms with Crippen molar-refractivity contribution < 1.29 is 9.59 Å². The highest BCUT2D eigenvalue weighted by Gasteiger charge is 2.09. The number of ketones is 1. The summed E-state index contributed by atoms with van der Waals surface area (Å²) >= 11 is 1.60. The zero-order chi connectivity index (χ0) is 17.6. The second kappa shape index (κ2) is 7.98. The van der Waals surface area contributed by atoms with Crippen molar-refractivity contribution in [3.05, 3.63) is 54.1 Å². The van der Waals surface area contributed by atoms with Crippen molar-refractivity contribution in [1.82, 2.24) is 9.97 Å². The monoisotopic (exact) mass is 353 g/mol. The third-order valence-corrected chi connectivity index (χ3v) is 4.69. The molecule has 0 spiro atoms. The summed E-state index contributed by atoms with van der Waals surface area (Å²) in [6.07, 6.45) is 1.13. The van der Waals surface area contributed by atoms with E-state index in [1.165, 1.54) is 6.92 Å². The zero-order valence-electron chi connectivity index (χ0n) is 13.9. The van der Waals surface area contributed by atoms with E-state index in [4.69, 9.17) is 0 Å². The molecular formula is C19H19N3O2S. The standard InChI is InChI=1S/C19H19N3O2S/c1-13(23)14-7-2-3-8-15(14)20-18(24)11-6-12-25-19-21-16-9-4-5-10-17(16)22-19/h2-5,7-10H,6,11-12H2,1H3,(H,20,24)(H,21,22). The van der Waals surface area contributed by atoms with Crippen molar-refractivity contribution in [3.8, 4) is 0 Å². The van der Waals surface area contributed by atoms with Crippen LogP contribution in [-0.4, -0.2) is 27.4 Å². The highest BCUT2D eigenvalue weighted by Crippen LogP contribution is 2.20. The van der Waals surface area contributed by atoms with Gasteiger partial charge in [-0.2, -0.15) is 0 Å². The van der Waals surface area contributed by atoms with E-state index in [1.807, 2.05) is 24.3 Å². The Morgan fingerprint density at radius 1 is 1.12 bits per heavy atom. The molecule has 2 N–H and O–H groups in total. The number of amides is 1. The molecule has 0 atom stereocenters. The molecule has 0 radical (unpaired) electrons. The number of Topliss-reactive ketones (excluding diaryl/α,β-unsaturated/α-hetero) is 1. The second-order valence-corrected chi connectivity index (χ2v) is 6.74. The van der Waals surface area contributed by atoms with Gasteiger partial charge in [-0.15, -0.1) is 0 Å². The van der Waals surface area contributed by atoms with Gasteiger partial charge in [-0.3, -0.25) is 9.59 Å². The van der Waals surface area contributed by atoms with E-state index in [0.29, 0.717) is 17.7 Å². The number of anilines is 1. The highest BCUT2D eigenvalue weighted by atomic mass is 32.2. The van der Waals surface area contributed by atoms with Gasteiger partial charge in [0.15, 0.2) is 10.9 Å². The van der Waals surface area contributed by atoms with Crippen molar-refractivity contribution in [2.45, 2.75) is 24.9 Å². The third kappa shape index (κ3) is 4.48. The van der Waals surface area contributed by atoms with Gasteiger partial charge < -0.3 is 10.3 Å². The Labute approximate surface area is 150 Å². The van der Waals surface area contributed by atoms with Crippen LogP contribution in [0.5, 0.6) is 0 Å². The van der Waals surface area contributed by atoms with E-state index in [9.17, 15) is 9.59 Å². The summed E-state index contributed by atoms with van der Waals surface area (Å²) in [4.78, 5) is 31.4. The molecule has 0 saturated heterocycles. The van der Waals surface area contributed by atoms with Gasteiger partial charge in [-0.1, -0.05) is 36.0 Å². The lowest BCUT2D eigenvalue weighted by Crippen LogP contribution is -2.13. The Bertz CT molecular complexity index is 871. The Kier molecular flexibility index (Phi) is 5.50. The summed E-state index contributed by atoms with van der Waals surface area (Å²) < 4.78 is 0. The number of H-pyrrole nitrogens is 1. The summed E-state index contributed by atoms with van der Waals surface area (Å²) in [5.41, 5.74) is 3.07. The fourth-order valence-corrected chi connectivity index (χ4v) is 3.34. The lowest BCUT2D eigenvalue weighted by molar-refractivity contribution is -0.116. The zero-order valence-corrected chi connectivity index (χ0v) is 14.7. The fourth-order valence-electron chi connectivity index (χ4n) is 2.51. The summed E-state index contributed by atoms with van der Waals surface area (Å²) in [5.74, 6) is 0.650. The molecule has 3 aromatic rings. The molecule has 0 bridgehead atoms. The van der Waals surface area contributed by atoms with Crippen molar-refractivity contribution in [3.63, 3.8) is 0 Å². The van der Waals surface area contributed by atoms with Gasteiger partial charge in [-0.05, 0) is 37.6 Å². The number of imidazole rings is 1. The van der Waals surface area contributed by atoms with Crippen LogP contribution in [-0.2, 0) is 4.79 Å². The fraction of sp³-hybridized carbons (Fsp3) is 0.211. The lowest BCUT2D eigenvalue weighted by Gasteiger charge is -2.08. The number of carbonyl (C=O) groups is 2. The predicted molar refractivity (Wildman–Crippen MR) is 101 cm³/mol. The summed E-state index contributed by atoms with van der Waals surface area (Å²) in [7, 11) is 0. The van der Waals surface area contributed by atoms with Crippen molar-refractivity contribution in [1.29, 1.82) is 0 Å². The van der Waals surface area contributed by atoms with Crippen molar-refractivity contribution in [2.75, 3.05) is 11.1 Å². The maximum atomic E-state index is 12.1. The van der Waals surface area contributed by atoms with Gasteiger partial charge in [0.2, 0.25) is 5.91 Å². The number of rotatable bonds is 7. The number of hydrogen-bond donors (Lipinski definition) is 2. The van der Waals surface area contributed by atoms with E-state index in [0.717, 1.165) is 28.4 Å². The molecule has 0 fully saturated rings. The van der Waals surface area contributed by atoms with Crippen LogP contribution in [0.25, 0.3) is 11.0 Å². The minimum absolute atomic E-state index is 0.0589. The number of aromatic nitrogens is 2. The normalized spacial score (nSPS) is 10.8. The van der Waals surface area contributed by atoms with E-state index >= 15 is 0 Å². The molecule has 1 aromatic heterocycles. The van der Waals surface area contributed by atoms with Crippen molar-refractivity contribution >= 4 is 40.2 Å². The largest absolute Gasteiger partial charge is 0.333 e. The first-order valence-corrected chi connectivity index (χ1v) is 9.09. The summed E-state index contributed by atoms with van der Waals surface area (Å²) in [6.45, 7) is 1.50. The number of nitrogens with zero attached hydrogens (tertiary/aromatic N) is 1. The van der Waals surface area contributed by atoms with Crippen LogP contribution in [0.4, 0.5) is 5.69 Å². The molecule has 1 amide bonds. The molecular weight excluding hydrogens is 334 g/mol. The Morgan fingerprint density at radius 2 is 1.88 bits per heavy atom. The van der Waals surface area contributed by atoms with Crippen LogP contribution in [0.3, 0.4) is 0 Å². The molecule has 0 aliphatic carbocycles. The number of thioether (sulfide) groups is 1. The van der Waals surface area contributed by atoms with Crippen LogP contribution in [0.15, 0.2) is 53.7 Å². The number of carbonyl (C=O) groups excluding carboxylic acids is 2. The van der Waals surface area contributed by atoms with Gasteiger partial charge in [0.05, 0.1) is 16.7 Å². The molecule has 0 aliphatic rings. The average molecular weight is 353 g/mol. The topological polar surface area (TPSA) is 74.8 Å². The molecule has 6 heteroatoms. The van der Waals surface area contributed by atoms with E-state index < -0.39 is 0 Å². The SMILES string of the molecule is CC(=O)c1ccccc1NC(=O)CCCSc1nc2ccccc2[nH]1. The smallest absolute Gasteiger partial charge is 0.224 e. The number of benzene rings is 2. The quantitative estimate of drug-likeness (QED) is 0.378. The van der Waals surface area contributed by atoms with Crippen LogP contribution < -0.4 is 5.32 Å². The average Bonchev–Trinajstić information content (AvgIpc) is 3.02. The van der Waals surface area contributed by atoms with Crippen LogP contribution in [0, 0.1) is 0 Å². The van der Waals surface area contributed by atoms with Gasteiger partial charge in [0, 0.05) is 17.7 Å². The minimum atomic E-state index is -0.0843. The minimum Gasteiger partial charge on any atom is -0.333 e. The summed E-state index contributed by atoms with van der Waals surface area (Å²) in [5, 5.41) is 3.68. The van der Waals surface area contributed by atoms with E-state index in [1.54, 1.807) is 36.0 Å². The van der Waals surface area contributed by atoms with Gasteiger partial charge >= 0.3 is 0 Å². The number of hydrogen-bond acceptors (Lipinski definition) is 4. The van der Waals surface area contributed by atoms with Gasteiger partial charge in [0.25, 0.3) is 0 Å². The first-order valence-electron chi connectivity index (χ1n) is 8.11. The number of para-hydroxylation sites is 3. The first-order chi connectivity index (χ1) is 12.1. The molecule has 0 saturated carbocycles. The maximum absolute atomic E-state index is 12.1. The number of nitrogens with one attached hydrogen (secondary N) is 2. The van der Waals surface area contributed by atoms with Crippen LogP contribution >= 0.6 is 11.8 Å². The molecule has 1 heterocycles. The van der Waals surface area contributed by atoms with Gasteiger partial charge in [0.1, 0.15) is 0 Å². The molecule has 0 unspecified atom stereocenters. The molecule has 0 aliphatic heterocycles. The molecule has 3 rings (SSSR count). The number of fused-ring (bicyclic) bond motifs is 1.